The number of carbonyl (C=O) groups is 1. The fourth-order valence-electron chi connectivity index (χ4n) is 0.889. The fraction of sp³-hybridized carbons (Fsp3) is 0.800. The Morgan fingerprint density at radius 1 is 1.78 bits per heavy atom. The quantitative estimate of drug-likeness (QED) is 0.419. The molecule has 2 N–H and O–H groups in total. The smallest absolute Gasteiger partial charge is 0.339 e. The third-order valence-corrected chi connectivity index (χ3v) is 1.93. The summed E-state index contributed by atoms with van der Waals surface area (Å²) in [7, 11) is 0. The maximum absolute atomic E-state index is 10.3. The molecule has 9 heavy (non-hydrogen) atoms. The summed E-state index contributed by atoms with van der Waals surface area (Å²) in [6.07, 6.45) is 1.36. The number of hydrogen-bond donors (Lipinski definition) is 2. The number of carboxylic acids is 1. The molecule has 0 saturated carbocycles. The van der Waals surface area contributed by atoms with Gasteiger partial charge in [0, 0.05) is 0 Å². The largest absolute Gasteiger partial charge is 0.479 e. The van der Waals surface area contributed by atoms with Crippen LogP contribution in [0.2, 0.25) is 0 Å². The summed E-state index contributed by atoms with van der Waals surface area (Å²) in [6, 6.07) is 0. The molecule has 1 atom stereocenters. The zero-order chi connectivity index (χ0) is 6.91. The van der Waals surface area contributed by atoms with Crippen molar-refractivity contribution in [2.45, 2.75) is 17.8 Å². The van der Waals surface area contributed by atoms with E-state index in [4.69, 9.17) is 16.7 Å². The second-order valence-electron chi connectivity index (χ2n) is 2.14. The lowest BCUT2D eigenvalue weighted by Crippen LogP contribution is -2.41. The highest BCUT2D eigenvalue weighted by Gasteiger charge is 2.38. The van der Waals surface area contributed by atoms with Crippen LogP contribution in [0.15, 0.2) is 0 Å². The van der Waals surface area contributed by atoms with Crippen molar-refractivity contribution in [3.63, 3.8) is 0 Å². The lowest BCUT2D eigenvalue weighted by Gasteiger charge is -2.13. The van der Waals surface area contributed by atoms with Gasteiger partial charge in [-0.15, -0.1) is 0 Å². The van der Waals surface area contributed by atoms with Crippen LogP contribution in [0.1, 0.15) is 12.8 Å². The molecule has 0 bridgehead atoms. The van der Waals surface area contributed by atoms with E-state index in [0.717, 1.165) is 6.42 Å². The first kappa shape index (κ1) is 6.83. The second kappa shape index (κ2) is 2.15. The molecule has 1 fully saturated rings. The van der Waals surface area contributed by atoms with Crippen molar-refractivity contribution >= 4 is 17.6 Å². The zero-order valence-corrected chi connectivity index (χ0v) is 5.61. The predicted octanol–water partition coefficient (Wildman–Crippen LogP) is 0.390. The van der Waals surface area contributed by atoms with E-state index in [0.29, 0.717) is 13.0 Å². The fourth-order valence-corrected chi connectivity index (χ4v) is 1.12. The normalized spacial score (nSPS) is 34.8. The van der Waals surface area contributed by atoms with Crippen molar-refractivity contribution in [2.24, 2.45) is 0 Å². The first-order valence-corrected chi connectivity index (χ1v) is 3.20. The lowest BCUT2D eigenvalue weighted by atomic mass is 10.2. The van der Waals surface area contributed by atoms with Crippen molar-refractivity contribution in [3.8, 4) is 0 Å². The Balaban J connectivity index is 2.61. The molecule has 1 rings (SSSR count). The van der Waals surface area contributed by atoms with Gasteiger partial charge in [0.05, 0.1) is 0 Å². The number of nitrogens with one attached hydrogen (secondary N) is 1. The van der Waals surface area contributed by atoms with Crippen LogP contribution < -0.4 is 5.32 Å². The van der Waals surface area contributed by atoms with Crippen LogP contribution in [0.3, 0.4) is 0 Å². The van der Waals surface area contributed by atoms with E-state index in [1.807, 2.05) is 0 Å². The van der Waals surface area contributed by atoms with E-state index in [9.17, 15) is 4.79 Å². The molecule has 0 unspecified atom stereocenters. The molecule has 4 heteroatoms. The van der Waals surface area contributed by atoms with Gasteiger partial charge in [-0.3, -0.25) is 5.32 Å². The average molecular weight is 150 g/mol. The Labute approximate surface area is 58.0 Å². The van der Waals surface area contributed by atoms with Crippen molar-refractivity contribution in [2.75, 3.05) is 6.54 Å². The van der Waals surface area contributed by atoms with Gasteiger partial charge >= 0.3 is 5.97 Å². The van der Waals surface area contributed by atoms with E-state index in [1.54, 1.807) is 0 Å². The molecular formula is C5H8ClNO2. The van der Waals surface area contributed by atoms with Crippen LogP contribution >= 0.6 is 11.6 Å². The van der Waals surface area contributed by atoms with E-state index in [2.05, 4.69) is 5.32 Å². The molecule has 0 radical (unpaired) electrons. The van der Waals surface area contributed by atoms with E-state index >= 15 is 0 Å². The second-order valence-corrected chi connectivity index (χ2v) is 2.78. The molecule has 52 valence electrons. The van der Waals surface area contributed by atoms with Crippen molar-refractivity contribution < 1.29 is 9.90 Å². The zero-order valence-electron chi connectivity index (χ0n) is 4.85. The van der Waals surface area contributed by atoms with Crippen LogP contribution in [0.5, 0.6) is 0 Å². The first-order chi connectivity index (χ1) is 4.15. The number of carboxylic acid groups (broad SMARTS) is 1. The molecule has 0 aromatic carbocycles. The Bertz CT molecular complexity index is 131. The molecule has 0 spiro atoms. The standard InChI is InChI=1S/C5H8ClNO2/c6-5(4(8)9)2-1-3-7-5/h7H,1-3H2,(H,8,9)/t5-/m0/s1. The summed E-state index contributed by atoms with van der Waals surface area (Å²) in [4.78, 5) is 9.16. The highest BCUT2D eigenvalue weighted by molar-refractivity contribution is 6.33. The predicted molar refractivity (Wildman–Crippen MR) is 33.5 cm³/mol. The van der Waals surface area contributed by atoms with Crippen LogP contribution in [0.25, 0.3) is 0 Å². The van der Waals surface area contributed by atoms with E-state index < -0.39 is 11.0 Å². The van der Waals surface area contributed by atoms with Gasteiger partial charge in [-0.05, 0) is 19.4 Å². The molecule has 1 saturated heterocycles. The minimum atomic E-state index is -1.17. The minimum Gasteiger partial charge on any atom is -0.479 e. The lowest BCUT2D eigenvalue weighted by molar-refractivity contribution is -0.140. The van der Waals surface area contributed by atoms with Crippen LogP contribution in [0.4, 0.5) is 0 Å². The summed E-state index contributed by atoms with van der Waals surface area (Å²) in [5, 5.41) is 11.2. The molecule has 1 aliphatic rings. The highest BCUT2D eigenvalue weighted by atomic mass is 35.5. The first-order valence-electron chi connectivity index (χ1n) is 2.82. The number of hydrogen-bond acceptors (Lipinski definition) is 2. The van der Waals surface area contributed by atoms with Crippen molar-refractivity contribution in [1.82, 2.24) is 5.32 Å². The van der Waals surface area contributed by atoms with Crippen LogP contribution in [-0.4, -0.2) is 22.6 Å². The summed E-state index contributed by atoms with van der Waals surface area (Å²) in [6.45, 7) is 0.704. The Morgan fingerprint density at radius 2 is 2.44 bits per heavy atom. The van der Waals surface area contributed by atoms with Gasteiger partial charge in [0.25, 0.3) is 0 Å². The van der Waals surface area contributed by atoms with Crippen molar-refractivity contribution in [3.05, 3.63) is 0 Å². The summed E-state index contributed by atoms with van der Waals surface area (Å²) >= 11 is 5.59. The van der Waals surface area contributed by atoms with Crippen LogP contribution in [0, 0.1) is 0 Å². The monoisotopic (exact) mass is 149 g/mol. The molecule has 3 nitrogen and oxygen atoms in total. The SMILES string of the molecule is O=C(O)[C@]1(Cl)CCCN1. The van der Waals surface area contributed by atoms with Gasteiger partial charge in [-0.1, -0.05) is 11.6 Å². The van der Waals surface area contributed by atoms with Gasteiger partial charge in [0.15, 0.2) is 5.00 Å². The Kier molecular flexibility index (Phi) is 1.64. The number of rotatable bonds is 1. The third-order valence-electron chi connectivity index (χ3n) is 1.44. The Hall–Kier alpha value is -0.280. The molecule has 0 aromatic rings. The summed E-state index contributed by atoms with van der Waals surface area (Å²) in [5.74, 6) is -0.971. The minimum absolute atomic E-state index is 0.518. The highest BCUT2D eigenvalue weighted by Crippen LogP contribution is 2.23. The molecule has 0 aromatic heterocycles. The molecule has 1 aliphatic heterocycles. The van der Waals surface area contributed by atoms with Crippen molar-refractivity contribution in [1.29, 1.82) is 0 Å². The van der Waals surface area contributed by atoms with Gasteiger partial charge in [0.1, 0.15) is 0 Å². The van der Waals surface area contributed by atoms with Gasteiger partial charge < -0.3 is 5.11 Å². The number of alkyl halides is 1. The van der Waals surface area contributed by atoms with Gasteiger partial charge in [-0.25, -0.2) is 4.79 Å². The average Bonchev–Trinajstić information content (AvgIpc) is 2.16. The maximum atomic E-state index is 10.3. The molecular weight excluding hydrogens is 142 g/mol. The summed E-state index contributed by atoms with van der Waals surface area (Å²) in [5.41, 5.74) is 0. The molecule has 1 heterocycles. The summed E-state index contributed by atoms with van der Waals surface area (Å²) < 4.78 is 0. The molecule has 0 aliphatic carbocycles. The van der Waals surface area contributed by atoms with Crippen LogP contribution in [-0.2, 0) is 4.79 Å². The number of halogens is 1. The number of aliphatic carboxylic acids is 1. The topological polar surface area (TPSA) is 49.3 Å². The van der Waals surface area contributed by atoms with Gasteiger partial charge in [-0.2, -0.15) is 0 Å². The molecule has 0 amide bonds. The maximum Gasteiger partial charge on any atom is 0.339 e. The van der Waals surface area contributed by atoms with E-state index in [-0.39, 0.29) is 0 Å². The Morgan fingerprint density at radius 3 is 2.67 bits per heavy atom. The third kappa shape index (κ3) is 1.17. The van der Waals surface area contributed by atoms with Gasteiger partial charge in [0.2, 0.25) is 0 Å². The van der Waals surface area contributed by atoms with E-state index in [1.165, 1.54) is 0 Å².